The van der Waals surface area contributed by atoms with Crippen LogP contribution in [0.2, 0.25) is 0 Å². The summed E-state index contributed by atoms with van der Waals surface area (Å²) >= 11 is 1.62. The molecule has 2 aliphatic rings. The summed E-state index contributed by atoms with van der Waals surface area (Å²) in [4.78, 5) is 0.861. The summed E-state index contributed by atoms with van der Waals surface area (Å²) in [6.45, 7) is 0.810. The molecule has 2 aromatic rings. The normalized spacial score (nSPS) is 31.5. The summed E-state index contributed by atoms with van der Waals surface area (Å²) in [5, 5.41) is 14.3. The van der Waals surface area contributed by atoms with Crippen molar-refractivity contribution >= 4 is 16.3 Å². The molecule has 2 fully saturated rings. The van der Waals surface area contributed by atoms with Crippen LogP contribution < -0.4 is 5.73 Å². The Labute approximate surface area is 115 Å². The molecule has 19 heavy (non-hydrogen) atoms. The quantitative estimate of drug-likeness (QED) is 0.904. The highest BCUT2D eigenvalue weighted by Crippen LogP contribution is 2.36. The van der Waals surface area contributed by atoms with Crippen molar-refractivity contribution in [2.45, 2.75) is 50.2 Å². The molecule has 1 saturated carbocycles. The average molecular weight is 279 g/mol. The molecule has 0 radical (unpaired) electrons. The molecule has 0 bridgehead atoms. The lowest BCUT2D eigenvalue weighted by molar-refractivity contribution is 0.103. The highest BCUT2D eigenvalue weighted by Gasteiger charge is 2.30. The van der Waals surface area contributed by atoms with Gasteiger partial charge < -0.3 is 10.5 Å². The van der Waals surface area contributed by atoms with Gasteiger partial charge in [0.15, 0.2) is 5.82 Å². The van der Waals surface area contributed by atoms with E-state index in [2.05, 4.69) is 10.2 Å². The lowest BCUT2D eigenvalue weighted by Gasteiger charge is -2.10. The van der Waals surface area contributed by atoms with Gasteiger partial charge in [-0.15, -0.1) is 10.2 Å². The molecule has 3 atom stereocenters. The maximum Gasteiger partial charge on any atom is 0.234 e. The van der Waals surface area contributed by atoms with Crippen LogP contribution in [0.3, 0.4) is 0 Å². The predicted octanol–water partition coefficient (Wildman–Crippen LogP) is 1.63. The summed E-state index contributed by atoms with van der Waals surface area (Å²) in [5.41, 5.74) is 6.16. The van der Waals surface area contributed by atoms with Crippen LogP contribution in [0.5, 0.6) is 0 Å². The van der Waals surface area contributed by atoms with E-state index in [1.807, 2.05) is 4.52 Å². The van der Waals surface area contributed by atoms with Gasteiger partial charge in [-0.25, -0.2) is 0 Å². The van der Waals surface area contributed by atoms with Gasteiger partial charge in [0.25, 0.3) is 0 Å². The second-order valence-corrected chi connectivity index (χ2v) is 6.38. The first-order valence-corrected chi connectivity index (χ1v) is 7.74. The van der Waals surface area contributed by atoms with Gasteiger partial charge >= 0.3 is 0 Å². The second kappa shape index (κ2) is 4.50. The fourth-order valence-corrected chi connectivity index (χ4v) is 4.13. The van der Waals surface area contributed by atoms with Gasteiger partial charge in [0.05, 0.1) is 0 Å². The van der Waals surface area contributed by atoms with Crippen molar-refractivity contribution in [1.29, 1.82) is 0 Å². The van der Waals surface area contributed by atoms with E-state index in [0.717, 1.165) is 48.1 Å². The Morgan fingerprint density at radius 2 is 2.16 bits per heavy atom. The Kier molecular flexibility index (Phi) is 2.78. The molecular weight excluding hydrogens is 262 g/mol. The third-order valence-electron chi connectivity index (χ3n) is 4.13. The minimum Gasteiger partial charge on any atom is -0.370 e. The minimum absolute atomic E-state index is 0.0576. The van der Waals surface area contributed by atoms with Gasteiger partial charge in [-0.3, -0.25) is 0 Å². The molecule has 3 heterocycles. The van der Waals surface area contributed by atoms with Crippen molar-refractivity contribution in [3.05, 3.63) is 10.8 Å². The fraction of sp³-hybridized carbons (Fsp3) is 0.750. The molecule has 2 N–H and O–H groups in total. The molecule has 4 rings (SSSR count). The van der Waals surface area contributed by atoms with Crippen LogP contribution in [0.15, 0.2) is 0 Å². The van der Waals surface area contributed by atoms with Gasteiger partial charge in [0.2, 0.25) is 4.96 Å². The molecule has 0 spiro atoms. The zero-order valence-electron chi connectivity index (χ0n) is 10.7. The molecule has 0 amide bonds. The second-order valence-electron chi connectivity index (χ2n) is 5.40. The molecule has 1 aliphatic carbocycles. The Hall–Kier alpha value is -1.05. The topological polar surface area (TPSA) is 78.3 Å². The Morgan fingerprint density at radius 1 is 1.21 bits per heavy atom. The lowest BCUT2D eigenvalue weighted by atomic mass is 10.1. The monoisotopic (exact) mass is 279 g/mol. The molecular formula is C12H17N5OS. The molecule has 7 heteroatoms. The first-order chi connectivity index (χ1) is 9.33. The zero-order valence-corrected chi connectivity index (χ0v) is 11.5. The highest BCUT2D eigenvalue weighted by molar-refractivity contribution is 7.16. The smallest absolute Gasteiger partial charge is 0.234 e. The third-order valence-corrected chi connectivity index (χ3v) is 5.17. The van der Waals surface area contributed by atoms with Gasteiger partial charge in [-0.2, -0.15) is 9.61 Å². The van der Waals surface area contributed by atoms with Crippen LogP contribution >= 0.6 is 11.3 Å². The number of aromatic nitrogens is 4. The number of nitrogens with zero attached hydrogens (tertiary/aromatic N) is 4. The van der Waals surface area contributed by atoms with E-state index in [-0.39, 0.29) is 12.1 Å². The number of ether oxygens (including phenoxy) is 1. The van der Waals surface area contributed by atoms with Crippen molar-refractivity contribution in [2.24, 2.45) is 5.73 Å². The van der Waals surface area contributed by atoms with Crippen LogP contribution in [0.4, 0.5) is 0 Å². The maximum atomic E-state index is 6.16. The predicted molar refractivity (Wildman–Crippen MR) is 71.2 cm³/mol. The molecule has 6 nitrogen and oxygen atoms in total. The highest BCUT2D eigenvalue weighted by atomic mass is 32.1. The fourth-order valence-electron chi connectivity index (χ4n) is 3.07. The molecule has 1 aliphatic heterocycles. The largest absolute Gasteiger partial charge is 0.370 e. The van der Waals surface area contributed by atoms with Crippen LogP contribution in [-0.2, 0) is 4.74 Å². The lowest BCUT2D eigenvalue weighted by Crippen LogP contribution is -2.22. The van der Waals surface area contributed by atoms with Crippen molar-refractivity contribution in [3.63, 3.8) is 0 Å². The summed E-state index contributed by atoms with van der Waals surface area (Å²) in [6.07, 6.45) is 5.59. The average Bonchev–Trinajstić information content (AvgIpc) is 3.10. The Morgan fingerprint density at radius 3 is 2.89 bits per heavy atom. The Balaban J connectivity index is 1.71. The van der Waals surface area contributed by atoms with E-state index in [9.17, 15) is 0 Å². The third kappa shape index (κ3) is 1.87. The molecule has 3 unspecified atom stereocenters. The number of nitrogens with two attached hydrogens (primary N) is 1. The van der Waals surface area contributed by atoms with Gasteiger partial charge in [-0.1, -0.05) is 17.8 Å². The van der Waals surface area contributed by atoms with E-state index >= 15 is 0 Å². The molecule has 102 valence electrons. The molecule has 1 saturated heterocycles. The van der Waals surface area contributed by atoms with E-state index in [1.165, 1.54) is 6.42 Å². The van der Waals surface area contributed by atoms with Crippen molar-refractivity contribution in [2.75, 3.05) is 6.61 Å². The maximum absolute atomic E-state index is 6.16. The zero-order chi connectivity index (χ0) is 12.8. The first-order valence-electron chi connectivity index (χ1n) is 6.92. The van der Waals surface area contributed by atoms with Gasteiger partial charge in [0, 0.05) is 18.6 Å². The van der Waals surface area contributed by atoms with Gasteiger partial charge in [-0.05, 0) is 25.7 Å². The number of hydrogen-bond donors (Lipinski definition) is 1. The van der Waals surface area contributed by atoms with Crippen LogP contribution in [0.1, 0.15) is 55.0 Å². The van der Waals surface area contributed by atoms with Crippen molar-refractivity contribution in [1.82, 2.24) is 19.8 Å². The van der Waals surface area contributed by atoms with E-state index < -0.39 is 0 Å². The van der Waals surface area contributed by atoms with E-state index in [0.29, 0.717) is 5.92 Å². The van der Waals surface area contributed by atoms with Crippen molar-refractivity contribution in [3.8, 4) is 0 Å². The molecule has 2 aromatic heterocycles. The summed E-state index contributed by atoms with van der Waals surface area (Å²) in [7, 11) is 0. The first kappa shape index (κ1) is 11.7. The van der Waals surface area contributed by atoms with Crippen LogP contribution in [-0.4, -0.2) is 32.5 Å². The van der Waals surface area contributed by atoms with Crippen LogP contribution in [0.25, 0.3) is 4.96 Å². The number of fused-ring (bicyclic) bond motifs is 1. The summed E-state index contributed by atoms with van der Waals surface area (Å²) in [6, 6.07) is 0.245. The minimum atomic E-state index is 0.0576. The van der Waals surface area contributed by atoms with Gasteiger partial charge in [0.1, 0.15) is 11.1 Å². The SMILES string of the molecule is NC1CCCC1c1nn2c(C3CCCO3)nnc2s1. The number of rotatable bonds is 2. The van der Waals surface area contributed by atoms with Crippen molar-refractivity contribution < 1.29 is 4.74 Å². The van der Waals surface area contributed by atoms with E-state index in [1.54, 1.807) is 11.3 Å². The number of hydrogen-bond acceptors (Lipinski definition) is 6. The Bertz CT molecular complexity index is 588. The van der Waals surface area contributed by atoms with E-state index in [4.69, 9.17) is 15.6 Å². The molecule has 0 aromatic carbocycles. The standard InChI is InChI=1S/C12H17N5OS/c13-8-4-1-3-7(8)11-16-17-10(9-5-2-6-18-9)14-15-12(17)19-11/h7-9H,1-6,13H2. The summed E-state index contributed by atoms with van der Waals surface area (Å²) in [5.74, 6) is 1.24. The summed E-state index contributed by atoms with van der Waals surface area (Å²) < 4.78 is 7.54. The van der Waals surface area contributed by atoms with Crippen LogP contribution in [0, 0.1) is 0 Å².